The molecular weight excluding hydrogens is 523 g/mol. The van der Waals surface area contributed by atoms with Crippen molar-refractivity contribution in [2.75, 3.05) is 0 Å². The van der Waals surface area contributed by atoms with Crippen molar-refractivity contribution in [3.05, 3.63) is 61.0 Å². The molecule has 182 valence electrons. The molecule has 3 aromatic rings. The first-order valence-electron chi connectivity index (χ1n) is 9.20. The standard InChI is InChI=1S/C18H15Cl2F2N5O6S/c1-7(2)26-34(31,32)12-5-13(23-6-11(12)28)33-15-9(19)3-8(4-10(15)20)27-18(30)24-17(29)14(25-27)16(21)22/h3-7,16,26,28H,1-2H3,(H,24,29,30). The number of alkyl halides is 2. The Labute approximate surface area is 200 Å². The van der Waals surface area contributed by atoms with Crippen LogP contribution in [0.25, 0.3) is 5.69 Å². The van der Waals surface area contributed by atoms with Gasteiger partial charge < -0.3 is 9.84 Å². The Balaban J connectivity index is 2.03. The Morgan fingerprint density at radius 1 is 1.18 bits per heavy atom. The lowest BCUT2D eigenvalue weighted by Gasteiger charge is -2.14. The molecule has 0 unspecified atom stereocenters. The highest BCUT2D eigenvalue weighted by atomic mass is 35.5. The van der Waals surface area contributed by atoms with E-state index in [4.69, 9.17) is 27.9 Å². The van der Waals surface area contributed by atoms with Gasteiger partial charge in [0.05, 0.1) is 21.9 Å². The Hall–Kier alpha value is -3.07. The van der Waals surface area contributed by atoms with Gasteiger partial charge in [0, 0.05) is 12.1 Å². The molecule has 34 heavy (non-hydrogen) atoms. The molecule has 11 nitrogen and oxygen atoms in total. The maximum Gasteiger partial charge on any atom is 0.349 e. The van der Waals surface area contributed by atoms with Gasteiger partial charge in [0.15, 0.2) is 17.2 Å². The summed E-state index contributed by atoms with van der Waals surface area (Å²) in [4.78, 5) is 28.5. The Morgan fingerprint density at radius 3 is 2.35 bits per heavy atom. The van der Waals surface area contributed by atoms with Crippen LogP contribution >= 0.6 is 23.2 Å². The number of aromatic hydroxyl groups is 1. The smallest absolute Gasteiger partial charge is 0.349 e. The third-order valence-corrected chi connectivity index (χ3v) is 6.24. The zero-order valence-corrected chi connectivity index (χ0v) is 19.5. The second-order valence-electron chi connectivity index (χ2n) is 6.96. The van der Waals surface area contributed by atoms with Gasteiger partial charge in [-0.15, -0.1) is 0 Å². The number of hydrogen-bond acceptors (Lipinski definition) is 8. The van der Waals surface area contributed by atoms with Crippen LogP contribution in [-0.4, -0.2) is 39.3 Å². The normalized spacial score (nSPS) is 11.9. The predicted octanol–water partition coefficient (Wildman–Crippen LogP) is 2.74. The Kier molecular flexibility index (Phi) is 7.26. The highest BCUT2D eigenvalue weighted by Crippen LogP contribution is 2.38. The van der Waals surface area contributed by atoms with Crippen molar-refractivity contribution in [2.24, 2.45) is 0 Å². The quantitative estimate of drug-likeness (QED) is 0.415. The van der Waals surface area contributed by atoms with Gasteiger partial charge in [-0.1, -0.05) is 23.2 Å². The van der Waals surface area contributed by atoms with Crippen LogP contribution in [0.3, 0.4) is 0 Å². The number of pyridine rings is 1. The second kappa shape index (κ2) is 9.66. The molecule has 0 atom stereocenters. The fourth-order valence-electron chi connectivity index (χ4n) is 2.66. The summed E-state index contributed by atoms with van der Waals surface area (Å²) in [6.07, 6.45) is -2.41. The van der Waals surface area contributed by atoms with E-state index in [2.05, 4.69) is 14.8 Å². The molecule has 16 heteroatoms. The molecule has 0 radical (unpaired) electrons. The summed E-state index contributed by atoms with van der Waals surface area (Å²) < 4.78 is 59.0. The number of H-pyrrole nitrogens is 1. The van der Waals surface area contributed by atoms with E-state index < -0.39 is 50.1 Å². The number of rotatable bonds is 7. The zero-order valence-electron chi connectivity index (χ0n) is 17.2. The molecule has 1 aromatic carbocycles. The minimum absolute atomic E-state index is 0.173. The number of halogens is 4. The van der Waals surface area contributed by atoms with E-state index in [-0.39, 0.29) is 27.4 Å². The Morgan fingerprint density at radius 2 is 1.79 bits per heavy atom. The molecular formula is C18H15Cl2F2N5O6S. The van der Waals surface area contributed by atoms with Gasteiger partial charge in [-0.2, -0.15) is 9.78 Å². The molecule has 0 aliphatic heterocycles. The van der Waals surface area contributed by atoms with E-state index in [1.54, 1.807) is 18.8 Å². The van der Waals surface area contributed by atoms with Crippen LogP contribution in [0.4, 0.5) is 8.78 Å². The SMILES string of the molecule is CC(C)NS(=O)(=O)c1cc(Oc2c(Cl)cc(-n3nc(C(F)F)c(=O)[nH]c3=O)cc2Cl)ncc1O. The molecule has 3 rings (SSSR count). The maximum absolute atomic E-state index is 13.0. The monoisotopic (exact) mass is 537 g/mol. The van der Waals surface area contributed by atoms with Gasteiger partial charge in [-0.25, -0.2) is 31.7 Å². The zero-order chi connectivity index (χ0) is 25.4. The number of aromatic amines is 1. The lowest BCUT2D eigenvalue weighted by atomic mass is 10.3. The van der Waals surface area contributed by atoms with Gasteiger partial charge in [0.25, 0.3) is 12.0 Å². The van der Waals surface area contributed by atoms with Gasteiger partial charge >= 0.3 is 5.69 Å². The molecule has 2 heterocycles. The summed E-state index contributed by atoms with van der Waals surface area (Å²) >= 11 is 12.3. The van der Waals surface area contributed by atoms with E-state index >= 15 is 0 Å². The highest BCUT2D eigenvalue weighted by molar-refractivity contribution is 7.89. The van der Waals surface area contributed by atoms with E-state index in [0.29, 0.717) is 4.68 Å². The molecule has 0 aliphatic carbocycles. The van der Waals surface area contributed by atoms with Crippen LogP contribution in [0.15, 0.2) is 38.9 Å². The van der Waals surface area contributed by atoms with Gasteiger partial charge in [-0.05, 0) is 26.0 Å². The van der Waals surface area contributed by atoms with Crippen molar-refractivity contribution < 1.29 is 27.0 Å². The third-order valence-electron chi connectivity index (χ3n) is 4.00. The van der Waals surface area contributed by atoms with Crippen LogP contribution in [0, 0.1) is 0 Å². The van der Waals surface area contributed by atoms with E-state index in [1.807, 2.05) is 0 Å². The van der Waals surface area contributed by atoms with Gasteiger partial charge in [-0.3, -0.25) is 9.78 Å². The van der Waals surface area contributed by atoms with Crippen LogP contribution in [0.1, 0.15) is 26.0 Å². The fraction of sp³-hybridized carbons (Fsp3) is 0.222. The van der Waals surface area contributed by atoms with E-state index in [0.717, 1.165) is 24.4 Å². The van der Waals surface area contributed by atoms with Crippen molar-refractivity contribution in [1.29, 1.82) is 0 Å². The lowest BCUT2D eigenvalue weighted by Crippen LogP contribution is -2.34. The predicted molar refractivity (Wildman–Crippen MR) is 117 cm³/mol. The third kappa shape index (κ3) is 5.35. The molecule has 3 N–H and O–H groups in total. The minimum Gasteiger partial charge on any atom is -0.505 e. The fourth-order valence-corrected chi connectivity index (χ4v) is 4.54. The molecule has 0 spiro atoms. The van der Waals surface area contributed by atoms with Crippen LogP contribution in [0.5, 0.6) is 17.4 Å². The topological polar surface area (TPSA) is 156 Å². The molecule has 2 aromatic heterocycles. The van der Waals surface area contributed by atoms with Crippen molar-refractivity contribution in [3.63, 3.8) is 0 Å². The van der Waals surface area contributed by atoms with Crippen molar-refractivity contribution in [2.45, 2.75) is 31.2 Å². The summed E-state index contributed by atoms with van der Waals surface area (Å²) in [5, 5.41) is 12.8. The van der Waals surface area contributed by atoms with Crippen molar-refractivity contribution in [1.82, 2.24) is 24.5 Å². The molecule has 0 saturated heterocycles. The molecule has 0 amide bonds. The van der Waals surface area contributed by atoms with Crippen molar-refractivity contribution in [3.8, 4) is 23.1 Å². The van der Waals surface area contributed by atoms with E-state index in [9.17, 15) is 31.9 Å². The second-order valence-corrected chi connectivity index (χ2v) is 9.46. The number of nitrogens with one attached hydrogen (secondary N) is 2. The summed E-state index contributed by atoms with van der Waals surface area (Å²) in [7, 11) is -4.11. The summed E-state index contributed by atoms with van der Waals surface area (Å²) in [5.74, 6) is -1.17. The summed E-state index contributed by atoms with van der Waals surface area (Å²) in [6, 6.07) is 2.64. The molecule has 0 fully saturated rings. The average molecular weight is 538 g/mol. The molecule has 0 saturated carbocycles. The van der Waals surface area contributed by atoms with Crippen molar-refractivity contribution >= 4 is 33.2 Å². The first kappa shape index (κ1) is 25.6. The van der Waals surface area contributed by atoms with Crippen LogP contribution < -0.4 is 20.7 Å². The minimum atomic E-state index is -4.11. The summed E-state index contributed by atoms with van der Waals surface area (Å²) in [6.45, 7) is 3.17. The average Bonchev–Trinajstić information content (AvgIpc) is 2.70. The number of nitrogens with zero attached hydrogens (tertiary/aromatic N) is 3. The number of hydrogen-bond donors (Lipinski definition) is 3. The van der Waals surface area contributed by atoms with E-state index in [1.165, 1.54) is 0 Å². The summed E-state index contributed by atoms with van der Waals surface area (Å²) in [5.41, 5.74) is -3.83. The first-order chi connectivity index (χ1) is 15.8. The largest absolute Gasteiger partial charge is 0.505 e. The Bertz CT molecular complexity index is 1450. The number of aromatic nitrogens is 4. The number of benzene rings is 1. The lowest BCUT2D eigenvalue weighted by molar-refractivity contribution is 0.141. The highest BCUT2D eigenvalue weighted by Gasteiger charge is 2.23. The number of sulfonamides is 1. The van der Waals surface area contributed by atoms with Gasteiger partial charge in [0.2, 0.25) is 15.9 Å². The molecule has 0 aliphatic rings. The van der Waals surface area contributed by atoms with Crippen LogP contribution in [-0.2, 0) is 10.0 Å². The molecule has 0 bridgehead atoms. The van der Waals surface area contributed by atoms with Gasteiger partial charge in [0.1, 0.15) is 4.90 Å². The first-order valence-corrected chi connectivity index (χ1v) is 11.4. The maximum atomic E-state index is 13.0. The number of ether oxygens (including phenoxy) is 1. The van der Waals surface area contributed by atoms with Crippen LogP contribution in [0.2, 0.25) is 10.0 Å².